The topological polar surface area (TPSA) is 125 Å². The van der Waals surface area contributed by atoms with Crippen molar-refractivity contribution >= 4 is 28.6 Å². The van der Waals surface area contributed by atoms with E-state index in [9.17, 15) is 10.1 Å². The molecule has 40 heavy (non-hydrogen) atoms. The number of rotatable bonds is 9. The highest BCUT2D eigenvalue weighted by Crippen LogP contribution is 2.33. The lowest BCUT2D eigenvalue weighted by molar-refractivity contribution is 0.0388. The van der Waals surface area contributed by atoms with E-state index in [2.05, 4.69) is 32.0 Å². The molecule has 11 heteroatoms. The van der Waals surface area contributed by atoms with E-state index in [0.717, 1.165) is 44.1 Å². The van der Waals surface area contributed by atoms with Crippen molar-refractivity contribution in [2.45, 2.75) is 6.92 Å². The molecule has 3 N–H and O–H groups in total. The predicted molar refractivity (Wildman–Crippen MR) is 152 cm³/mol. The number of aromatic nitrogens is 2. The number of nitriles is 1. The first-order valence-corrected chi connectivity index (χ1v) is 13.0. The van der Waals surface area contributed by atoms with Crippen LogP contribution in [0.1, 0.15) is 11.1 Å². The van der Waals surface area contributed by atoms with Gasteiger partial charge in [0.05, 0.1) is 55.2 Å². The van der Waals surface area contributed by atoms with Crippen molar-refractivity contribution < 1.29 is 19.0 Å². The number of hydrogen-bond donors (Lipinski definition) is 3. The second-order valence-corrected chi connectivity index (χ2v) is 9.27. The van der Waals surface area contributed by atoms with E-state index in [4.69, 9.17) is 14.2 Å². The largest absolute Gasteiger partial charge is 0.497 e. The van der Waals surface area contributed by atoms with Gasteiger partial charge < -0.3 is 30.2 Å². The third-order valence-electron chi connectivity index (χ3n) is 6.64. The van der Waals surface area contributed by atoms with Crippen LogP contribution in [0.5, 0.6) is 17.2 Å². The molecular weight excluding hydrogens is 510 g/mol. The molecule has 1 aliphatic rings. The van der Waals surface area contributed by atoms with E-state index in [1.54, 1.807) is 17.8 Å². The highest BCUT2D eigenvalue weighted by Gasteiger charge is 2.18. The molecule has 3 heterocycles. The summed E-state index contributed by atoms with van der Waals surface area (Å²) in [5, 5.41) is 23.3. The monoisotopic (exact) mass is 541 g/mol. The van der Waals surface area contributed by atoms with E-state index in [1.165, 1.54) is 6.20 Å². The predicted octanol–water partition coefficient (Wildman–Crippen LogP) is 4.51. The Morgan fingerprint density at radius 3 is 2.65 bits per heavy atom. The van der Waals surface area contributed by atoms with Gasteiger partial charge in [-0.05, 0) is 43.3 Å². The number of nitrogens with one attached hydrogen (secondary N) is 3. The van der Waals surface area contributed by atoms with Crippen LogP contribution in [0.15, 0.2) is 60.9 Å². The molecule has 206 valence electrons. The van der Waals surface area contributed by atoms with Crippen LogP contribution in [0, 0.1) is 18.3 Å². The lowest BCUT2D eigenvalue weighted by Gasteiger charge is -2.26. The zero-order chi connectivity index (χ0) is 27.9. The number of benzene rings is 2. The van der Waals surface area contributed by atoms with Gasteiger partial charge in [0.2, 0.25) is 0 Å². The number of urea groups is 1. The minimum atomic E-state index is -0.297. The Labute approximate surface area is 232 Å². The molecule has 0 saturated carbocycles. The van der Waals surface area contributed by atoms with E-state index in [1.807, 2.05) is 55.5 Å². The zero-order valence-corrected chi connectivity index (χ0v) is 22.4. The number of fused-ring (bicyclic) bond motifs is 1. The number of nitrogens with zero attached hydrogens (tertiary/aromatic N) is 4. The summed E-state index contributed by atoms with van der Waals surface area (Å²) in [6.07, 6.45) is 3.24. The molecule has 1 saturated heterocycles. The fraction of sp³-hybridized carbons (Fsp3) is 0.276. The molecule has 11 nitrogen and oxygen atoms in total. The van der Waals surface area contributed by atoms with Crippen molar-refractivity contribution in [2.24, 2.45) is 0 Å². The average molecular weight is 542 g/mol. The number of methoxy groups -OCH3 is 1. The Morgan fingerprint density at radius 2 is 1.90 bits per heavy atom. The first-order chi connectivity index (χ1) is 19.5. The van der Waals surface area contributed by atoms with E-state index in [0.29, 0.717) is 46.2 Å². The summed E-state index contributed by atoms with van der Waals surface area (Å²) in [5.41, 5.74) is 3.83. The van der Waals surface area contributed by atoms with Crippen LogP contribution >= 0.6 is 0 Å². The molecule has 0 unspecified atom stereocenters. The van der Waals surface area contributed by atoms with Crippen LogP contribution in [0.4, 0.5) is 21.9 Å². The fourth-order valence-corrected chi connectivity index (χ4v) is 4.50. The molecule has 2 amide bonds. The van der Waals surface area contributed by atoms with Crippen LogP contribution in [-0.4, -0.2) is 67.0 Å². The Hall–Kier alpha value is -4.79. The Balaban J connectivity index is 1.29. The number of ether oxygens (including phenoxy) is 3. The molecular formula is C29H31N7O4. The highest BCUT2D eigenvalue weighted by molar-refractivity contribution is 5.94. The molecule has 0 spiro atoms. The highest BCUT2D eigenvalue weighted by atomic mass is 16.5. The normalized spacial score (nSPS) is 13.4. The van der Waals surface area contributed by atoms with Gasteiger partial charge in [-0.2, -0.15) is 10.4 Å². The van der Waals surface area contributed by atoms with Gasteiger partial charge in [0.25, 0.3) is 0 Å². The third-order valence-corrected chi connectivity index (χ3v) is 6.64. The molecule has 0 atom stereocenters. The summed E-state index contributed by atoms with van der Waals surface area (Å²) in [4.78, 5) is 14.9. The summed E-state index contributed by atoms with van der Waals surface area (Å²) in [5.74, 6) is 2.03. The quantitative estimate of drug-likeness (QED) is 0.283. The van der Waals surface area contributed by atoms with Crippen LogP contribution in [-0.2, 0) is 4.74 Å². The molecule has 0 radical (unpaired) electrons. The average Bonchev–Trinajstić information content (AvgIpc) is 3.29. The lowest BCUT2D eigenvalue weighted by Crippen LogP contribution is -2.42. The van der Waals surface area contributed by atoms with Gasteiger partial charge in [-0.1, -0.05) is 6.07 Å². The van der Waals surface area contributed by atoms with Crippen molar-refractivity contribution in [3.05, 3.63) is 72.1 Å². The second kappa shape index (κ2) is 12.4. The molecule has 4 aromatic rings. The standard InChI is InChI=1S/C29H31N7O4/c1-20-26(34-29(37)31-10-11-35-12-14-39-15-13-35)19-36-28(20)27(21(17-30)18-32-36)33-22-6-8-23(9-7-22)40-25-5-3-4-24(16-25)38-2/h3-9,16,18-19,33H,10-15H2,1-2H3,(H2,31,34,37). The van der Waals surface area contributed by atoms with Crippen LogP contribution in [0.3, 0.4) is 0 Å². The smallest absolute Gasteiger partial charge is 0.319 e. The Kier molecular flexibility index (Phi) is 8.29. The minimum absolute atomic E-state index is 0.297. The molecule has 1 fully saturated rings. The first-order valence-electron chi connectivity index (χ1n) is 13.0. The van der Waals surface area contributed by atoms with E-state index < -0.39 is 0 Å². The molecule has 2 aromatic heterocycles. The summed E-state index contributed by atoms with van der Waals surface area (Å²) < 4.78 is 18.2. The van der Waals surface area contributed by atoms with Crippen molar-refractivity contribution in [2.75, 3.05) is 57.1 Å². The maximum absolute atomic E-state index is 12.6. The second-order valence-electron chi connectivity index (χ2n) is 9.27. The van der Waals surface area contributed by atoms with Crippen molar-refractivity contribution in [3.8, 4) is 23.3 Å². The number of morpholine rings is 1. The van der Waals surface area contributed by atoms with Crippen LogP contribution in [0.2, 0.25) is 0 Å². The number of carbonyl (C=O) groups is 1. The summed E-state index contributed by atoms with van der Waals surface area (Å²) in [7, 11) is 1.61. The SMILES string of the molecule is COc1cccc(Oc2ccc(Nc3c(C#N)cnn4cc(NC(=O)NCCN5CCOCC5)c(C)c34)cc2)c1. The van der Waals surface area contributed by atoms with Gasteiger partial charge in [-0.25, -0.2) is 9.31 Å². The third kappa shape index (κ3) is 6.26. The van der Waals surface area contributed by atoms with Crippen molar-refractivity contribution in [1.29, 1.82) is 5.26 Å². The number of aryl methyl sites for hydroxylation is 1. The zero-order valence-electron chi connectivity index (χ0n) is 22.4. The van der Waals surface area contributed by atoms with Gasteiger partial charge >= 0.3 is 6.03 Å². The van der Waals surface area contributed by atoms with Gasteiger partial charge in [0.1, 0.15) is 23.3 Å². The van der Waals surface area contributed by atoms with Gasteiger partial charge in [0, 0.05) is 43.5 Å². The molecule has 0 aliphatic carbocycles. The molecule has 5 rings (SSSR count). The molecule has 2 aromatic carbocycles. The lowest BCUT2D eigenvalue weighted by atomic mass is 10.1. The number of amides is 2. The van der Waals surface area contributed by atoms with Crippen molar-refractivity contribution in [3.63, 3.8) is 0 Å². The number of carbonyl (C=O) groups excluding carboxylic acids is 1. The van der Waals surface area contributed by atoms with Gasteiger partial charge in [0.15, 0.2) is 0 Å². The Morgan fingerprint density at radius 1 is 1.12 bits per heavy atom. The fourth-order valence-electron chi connectivity index (χ4n) is 4.50. The van der Waals surface area contributed by atoms with Gasteiger partial charge in [-0.3, -0.25) is 4.90 Å². The first kappa shape index (κ1) is 26.8. The maximum Gasteiger partial charge on any atom is 0.319 e. The van der Waals surface area contributed by atoms with Crippen LogP contribution in [0.25, 0.3) is 5.52 Å². The van der Waals surface area contributed by atoms with Crippen LogP contribution < -0.4 is 25.4 Å². The summed E-state index contributed by atoms with van der Waals surface area (Å²) in [6, 6.07) is 16.7. The Bertz CT molecular complexity index is 1520. The number of anilines is 3. The van der Waals surface area contributed by atoms with Crippen molar-refractivity contribution in [1.82, 2.24) is 19.8 Å². The summed E-state index contributed by atoms with van der Waals surface area (Å²) in [6.45, 7) is 6.35. The van der Waals surface area contributed by atoms with Gasteiger partial charge in [-0.15, -0.1) is 0 Å². The molecule has 0 bridgehead atoms. The maximum atomic E-state index is 12.6. The van der Waals surface area contributed by atoms with E-state index in [-0.39, 0.29) is 6.03 Å². The minimum Gasteiger partial charge on any atom is -0.497 e. The van der Waals surface area contributed by atoms with E-state index >= 15 is 0 Å². The molecule has 1 aliphatic heterocycles. The number of hydrogen-bond acceptors (Lipinski definition) is 8. The summed E-state index contributed by atoms with van der Waals surface area (Å²) >= 11 is 0.